The quantitative estimate of drug-likeness (QED) is 0.646. The first-order valence-electron chi connectivity index (χ1n) is 11.1. The third-order valence-electron chi connectivity index (χ3n) is 6.13. The number of carbonyl (C=O) groups is 1. The van der Waals surface area contributed by atoms with Crippen LogP contribution < -0.4 is 5.32 Å². The summed E-state index contributed by atoms with van der Waals surface area (Å²) >= 11 is 0. The van der Waals surface area contributed by atoms with Crippen LogP contribution >= 0.6 is 0 Å². The molecule has 0 aliphatic carbocycles. The molecule has 0 radical (unpaired) electrons. The number of aryl methyl sites for hydroxylation is 1. The molecule has 0 saturated carbocycles. The molecular weight excluding hydrogens is 370 g/mol. The standard InChI is InChI=1S/C26H33N3O/c1-19(2)27-26(30)22-12-14-28(15-13-22)18-24-16-23-6-4-5-7-25(23)29(24)17-21-10-8-20(3)9-11-21/h4-11,16,19,22H,12-15,17-18H2,1-3H3,(H,27,30). The number of amides is 1. The molecule has 1 fully saturated rings. The number of para-hydroxylation sites is 1. The van der Waals surface area contributed by atoms with Crippen LogP contribution in [-0.2, 0) is 17.9 Å². The molecule has 1 aromatic heterocycles. The van der Waals surface area contributed by atoms with Gasteiger partial charge in [0, 0.05) is 36.3 Å². The van der Waals surface area contributed by atoms with Crippen molar-refractivity contribution < 1.29 is 4.79 Å². The Morgan fingerprint density at radius 1 is 1.03 bits per heavy atom. The molecule has 1 aliphatic rings. The van der Waals surface area contributed by atoms with Crippen molar-refractivity contribution in [2.45, 2.75) is 52.7 Å². The van der Waals surface area contributed by atoms with Gasteiger partial charge < -0.3 is 9.88 Å². The maximum absolute atomic E-state index is 12.3. The van der Waals surface area contributed by atoms with E-state index in [9.17, 15) is 4.79 Å². The highest BCUT2D eigenvalue weighted by molar-refractivity contribution is 5.81. The molecule has 4 nitrogen and oxygen atoms in total. The fraction of sp³-hybridized carbons (Fsp3) is 0.423. The summed E-state index contributed by atoms with van der Waals surface area (Å²) in [6, 6.07) is 20.0. The summed E-state index contributed by atoms with van der Waals surface area (Å²) in [6.07, 6.45) is 1.88. The Morgan fingerprint density at radius 2 is 1.73 bits per heavy atom. The van der Waals surface area contributed by atoms with Crippen LogP contribution in [0.2, 0.25) is 0 Å². The summed E-state index contributed by atoms with van der Waals surface area (Å²) in [6.45, 7) is 9.95. The molecule has 4 rings (SSSR count). The van der Waals surface area contributed by atoms with E-state index in [1.807, 2.05) is 13.8 Å². The second-order valence-electron chi connectivity index (χ2n) is 8.98. The first-order chi connectivity index (χ1) is 14.5. The van der Waals surface area contributed by atoms with Gasteiger partial charge in [-0.25, -0.2) is 0 Å². The summed E-state index contributed by atoms with van der Waals surface area (Å²) in [5.74, 6) is 0.375. The predicted molar refractivity (Wildman–Crippen MR) is 123 cm³/mol. The van der Waals surface area contributed by atoms with Gasteiger partial charge in [-0.2, -0.15) is 0 Å². The van der Waals surface area contributed by atoms with Gasteiger partial charge in [-0.1, -0.05) is 48.0 Å². The van der Waals surface area contributed by atoms with E-state index in [0.717, 1.165) is 39.0 Å². The Bertz CT molecular complexity index is 995. The molecule has 1 N–H and O–H groups in total. The average Bonchev–Trinajstić information content (AvgIpc) is 3.07. The topological polar surface area (TPSA) is 37.3 Å². The molecule has 1 amide bonds. The zero-order chi connectivity index (χ0) is 21.1. The molecule has 4 heteroatoms. The highest BCUT2D eigenvalue weighted by atomic mass is 16.1. The summed E-state index contributed by atoms with van der Waals surface area (Å²) in [4.78, 5) is 14.8. The summed E-state index contributed by atoms with van der Waals surface area (Å²) < 4.78 is 2.46. The van der Waals surface area contributed by atoms with E-state index in [-0.39, 0.29) is 17.9 Å². The molecule has 1 aliphatic heterocycles. The number of fused-ring (bicyclic) bond motifs is 1. The van der Waals surface area contributed by atoms with E-state index < -0.39 is 0 Å². The smallest absolute Gasteiger partial charge is 0.223 e. The zero-order valence-electron chi connectivity index (χ0n) is 18.4. The van der Waals surface area contributed by atoms with Crippen LogP contribution in [0.4, 0.5) is 0 Å². The number of rotatable bonds is 6. The van der Waals surface area contributed by atoms with Gasteiger partial charge in [0.1, 0.15) is 0 Å². The van der Waals surface area contributed by atoms with E-state index in [0.29, 0.717) is 0 Å². The fourth-order valence-corrected chi connectivity index (χ4v) is 4.45. The number of nitrogens with one attached hydrogen (secondary N) is 1. The van der Waals surface area contributed by atoms with E-state index in [1.165, 1.54) is 27.7 Å². The lowest BCUT2D eigenvalue weighted by atomic mass is 9.95. The second-order valence-corrected chi connectivity index (χ2v) is 8.98. The Morgan fingerprint density at radius 3 is 2.43 bits per heavy atom. The molecule has 0 atom stereocenters. The number of piperidine rings is 1. The summed E-state index contributed by atoms with van der Waals surface area (Å²) in [5.41, 5.74) is 5.26. The highest BCUT2D eigenvalue weighted by Crippen LogP contribution is 2.25. The number of carbonyl (C=O) groups excluding carboxylic acids is 1. The van der Waals surface area contributed by atoms with Gasteiger partial charge in [-0.15, -0.1) is 0 Å². The van der Waals surface area contributed by atoms with Gasteiger partial charge in [0.25, 0.3) is 0 Å². The first kappa shape index (κ1) is 20.7. The van der Waals surface area contributed by atoms with Crippen molar-refractivity contribution in [3.8, 4) is 0 Å². The third-order valence-corrected chi connectivity index (χ3v) is 6.13. The second kappa shape index (κ2) is 9.05. The van der Waals surface area contributed by atoms with Gasteiger partial charge in [0.05, 0.1) is 0 Å². The third kappa shape index (κ3) is 4.76. The van der Waals surface area contributed by atoms with Gasteiger partial charge in [0.2, 0.25) is 5.91 Å². The Balaban J connectivity index is 1.49. The van der Waals surface area contributed by atoms with Gasteiger partial charge >= 0.3 is 0 Å². The van der Waals surface area contributed by atoms with Crippen LogP contribution in [-0.4, -0.2) is 34.5 Å². The van der Waals surface area contributed by atoms with Gasteiger partial charge in [-0.3, -0.25) is 9.69 Å². The molecule has 0 bridgehead atoms. The molecule has 30 heavy (non-hydrogen) atoms. The van der Waals surface area contributed by atoms with Crippen molar-refractivity contribution in [2.75, 3.05) is 13.1 Å². The number of benzene rings is 2. The Hall–Kier alpha value is -2.59. The molecular formula is C26H33N3O. The minimum Gasteiger partial charge on any atom is -0.354 e. The largest absolute Gasteiger partial charge is 0.354 e. The minimum atomic E-state index is 0.155. The molecule has 158 valence electrons. The van der Waals surface area contributed by atoms with Crippen LogP contribution in [0.3, 0.4) is 0 Å². The number of hydrogen-bond acceptors (Lipinski definition) is 2. The minimum absolute atomic E-state index is 0.155. The van der Waals surface area contributed by atoms with Gasteiger partial charge in [0.15, 0.2) is 0 Å². The Kier molecular flexibility index (Phi) is 6.24. The maximum atomic E-state index is 12.3. The molecule has 1 saturated heterocycles. The molecule has 2 heterocycles. The molecule has 2 aromatic carbocycles. The Labute approximate surface area is 179 Å². The van der Waals surface area contributed by atoms with Crippen LogP contribution in [0.5, 0.6) is 0 Å². The van der Waals surface area contributed by atoms with Crippen molar-refractivity contribution in [3.05, 3.63) is 71.4 Å². The van der Waals surface area contributed by atoms with E-state index in [2.05, 4.69) is 76.3 Å². The maximum Gasteiger partial charge on any atom is 0.223 e. The lowest BCUT2D eigenvalue weighted by molar-refractivity contribution is -0.127. The monoisotopic (exact) mass is 403 g/mol. The average molecular weight is 404 g/mol. The molecule has 0 spiro atoms. The van der Waals surface area contributed by atoms with Crippen molar-refractivity contribution in [1.82, 2.24) is 14.8 Å². The summed E-state index contributed by atoms with van der Waals surface area (Å²) in [7, 11) is 0. The van der Waals surface area contributed by atoms with Crippen LogP contribution in [0, 0.1) is 12.8 Å². The van der Waals surface area contributed by atoms with E-state index in [1.54, 1.807) is 0 Å². The highest BCUT2D eigenvalue weighted by Gasteiger charge is 2.26. The number of aromatic nitrogens is 1. The molecule has 3 aromatic rings. The number of likely N-dealkylation sites (tertiary alicyclic amines) is 1. The summed E-state index contributed by atoms with van der Waals surface area (Å²) in [5, 5.41) is 4.37. The SMILES string of the molecule is Cc1ccc(Cn2c(CN3CCC(C(=O)NC(C)C)CC3)cc3ccccc32)cc1. The number of hydrogen-bond donors (Lipinski definition) is 1. The van der Waals surface area contributed by atoms with E-state index >= 15 is 0 Å². The van der Waals surface area contributed by atoms with Gasteiger partial charge in [-0.05, 0) is 69.8 Å². The number of nitrogens with zero attached hydrogens (tertiary/aromatic N) is 2. The van der Waals surface area contributed by atoms with Crippen LogP contribution in [0.1, 0.15) is 43.5 Å². The van der Waals surface area contributed by atoms with Crippen LogP contribution in [0.25, 0.3) is 10.9 Å². The molecule has 0 unspecified atom stereocenters. The van der Waals surface area contributed by atoms with Crippen molar-refractivity contribution in [1.29, 1.82) is 0 Å². The van der Waals surface area contributed by atoms with Crippen molar-refractivity contribution >= 4 is 16.8 Å². The lowest BCUT2D eigenvalue weighted by Gasteiger charge is -2.32. The fourth-order valence-electron chi connectivity index (χ4n) is 4.45. The van der Waals surface area contributed by atoms with E-state index in [4.69, 9.17) is 0 Å². The lowest BCUT2D eigenvalue weighted by Crippen LogP contribution is -2.42. The van der Waals surface area contributed by atoms with Crippen molar-refractivity contribution in [3.63, 3.8) is 0 Å². The van der Waals surface area contributed by atoms with Crippen molar-refractivity contribution in [2.24, 2.45) is 5.92 Å². The predicted octanol–water partition coefficient (Wildman–Crippen LogP) is 4.73. The first-order valence-corrected chi connectivity index (χ1v) is 11.1. The normalized spacial score (nSPS) is 15.7. The van der Waals surface area contributed by atoms with Crippen LogP contribution in [0.15, 0.2) is 54.6 Å². The zero-order valence-corrected chi connectivity index (χ0v) is 18.4.